The SMILES string of the molecule is O=C(Nc1ccc2oc(-c3ccccc3)nc2c1)c1ccc(N2CCCC2)c([N+](=O)[O-])c1. The van der Waals surface area contributed by atoms with E-state index in [0.29, 0.717) is 28.4 Å². The summed E-state index contributed by atoms with van der Waals surface area (Å²) in [4.78, 5) is 30.5. The molecule has 8 heteroatoms. The fourth-order valence-electron chi connectivity index (χ4n) is 3.95. The quantitative estimate of drug-likeness (QED) is 0.344. The van der Waals surface area contributed by atoms with Gasteiger partial charge in [-0.1, -0.05) is 18.2 Å². The molecule has 160 valence electrons. The highest BCUT2D eigenvalue weighted by molar-refractivity contribution is 6.05. The van der Waals surface area contributed by atoms with Crippen LogP contribution in [0.3, 0.4) is 0 Å². The highest BCUT2D eigenvalue weighted by Crippen LogP contribution is 2.32. The number of hydrogen-bond donors (Lipinski definition) is 1. The van der Waals surface area contributed by atoms with Crippen LogP contribution in [0.15, 0.2) is 71.1 Å². The molecule has 1 amide bonds. The third kappa shape index (κ3) is 3.78. The molecule has 0 spiro atoms. The van der Waals surface area contributed by atoms with Crippen LogP contribution < -0.4 is 10.2 Å². The first-order valence-corrected chi connectivity index (χ1v) is 10.4. The lowest BCUT2D eigenvalue weighted by molar-refractivity contribution is -0.384. The van der Waals surface area contributed by atoms with Crippen LogP contribution in [0, 0.1) is 10.1 Å². The third-order valence-electron chi connectivity index (χ3n) is 5.55. The van der Waals surface area contributed by atoms with Crippen molar-refractivity contribution in [3.63, 3.8) is 0 Å². The van der Waals surface area contributed by atoms with E-state index in [-0.39, 0.29) is 11.3 Å². The van der Waals surface area contributed by atoms with Gasteiger partial charge in [-0.15, -0.1) is 0 Å². The van der Waals surface area contributed by atoms with E-state index in [1.54, 1.807) is 30.3 Å². The Morgan fingerprint density at radius 2 is 1.81 bits per heavy atom. The summed E-state index contributed by atoms with van der Waals surface area (Å²) in [5, 5.41) is 14.4. The summed E-state index contributed by atoms with van der Waals surface area (Å²) in [6.45, 7) is 1.57. The number of nitrogens with one attached hydrogen (secondary N) is 1. The zero-order chi connectivity index (χ0) is 22.1. The number of nitro benzene ring substituents is 1. The summed E-state index contributed by atoms with van der Waals surface area (Å²) in [6.07, 6.45) is 2.02. The molecule has 1 N–H and O–H groups in total. The predicted molar refractivity (Wildman–Crippen MR) is 122 cm³/mol. The Bertz CT molecular complexity index is 1310. The molecule has 2 heterocycles. The summed E-state index contributed by atoms with van der Waals surface area (Å²) in [7, 11) is 0. The fourth-order valence-corrected chi connectivity index (χ4v) is 3.95. The van der Waals surface area contributed by atoms with Crippen molar-refractivity contribution in [2.45, 2.75) is 12.8 Å². The Morgan fingerprint density at radius 3 is 2.56 bits per heavy atom. The second-order valence-corrected chi connectivity index (χ2v) is 7.68. The first-order valence-electron chi connectivity index (χ1n) is 10.4. The van der Waals surface area contributed by atoms with E-state index >= 15 is 0 Å². The molecule has 5 rings (SSSR count). The smallest absolute Gasteiger partial charge is 0.293 e. The minimum Gasteiger partial charge on any atom is -0.436 e. The average molecular weight is 428 g/mol. The number of benzene rings is 3. The van der Waals surface area contributed by atoms with Crippen molar-refractivity contribution in [3.05, 3.63) is 82.4 Å². The zero-order valence-electron chi connectivity index (χ0n) is 17.2. The van der Waals surface area contributed by atoms with E-state index < -0.39 is 10.8 Å². The molecule has 32 heavy (non-hydrogen) atoms. The predicted octanol–water partition coefficient (Wildman–Crippen LogP) is 5.26. The molecule has 3 aromatic carbocycles. The van der Waals surface area contributed by atoms with Crippen molar-refractivity contribution in [2.75, 3.05) is 23.3 Å². The standard InChI is InChI=1S/C24H20N4O4/c29-23(17-8-10-20(21(14-17)28(30)31)27-12-4-5-13-27)25-18-9-11-22-19(15-18)26-24(32-22)16-6-2-1-3-7-16/h1-3,6-11,14-15H,4-5,12-13H2,(H,25,29). The van der Waals surface area contributed by atoms with Gasteiger partial charge in [-0.2, -0.15) is 0 Å². The second-order valence-electron chi connectivity index (χ2n) is 7.68. The monoisotopic (exact) mass is 428 g/mol. The molecule has 0 bridgehead atoms. The number of oxazole rings is 1. The largest absolute Gasteiger partial charge is 0.436 e. The van der Waals surface area contributed by atoms with Crippen molar-refractivity contribution in [2.24, 2.45) is 0 Å². The number of carbonyl (C=O) groups is 1. The Hall–Kier alpha value is -4.20. The average Bonchev–Trinajstić information content (AvgIpc) is 3.49. The maximum absolute atomic E-state index is 12.8. The molecule has 0 atom stereocenters. The summed E-state index contributed by atoms with van der Waals surface area (Å²) in [6, 6.07) is 19.3. The van der Waals surface area contributed by atoms with Crippen molar-refractivity contribution in [1.82, 2.24) is 4.98 Å². The molecule has 1 aromatic heterocycles. The van der Waals surface area contributed by atoms with Gasteiger partial charge in [0.1, 0.15) is 11.2 Å². The van der Waals surface area contributed by atoms with Gasteiger partial charge < -0.3 is 14.6 Å². The molecule has 0 radical (unpaired) electrons. The van der Waals surface area contributed by atoms with Gasteiger partial charge in [0.2, 0.25) is 5.89 Å². The molecular weight excluding hydrogens is 408 g/mol. The van der Waals surface area contributed by atoms with Gasteiger partial charge in [-0.25, -0.2) is 4.98 Å². The Balaban J connectivity index is 1.39. The van der Waals surface area contributed by atoms with Crippen LogP contribution in [0.4, 0.5) is 17.1 Å². The summed E-state index contributed by atoms with van der Waals surface area (Å²) in [5.74, 6) is 0.0735. The second kappa shape index (κ2) is 8.14. The molecule has 0 unspecified atom stereocenters. The minimum absolute atomic E-state index is 0.0565. The van der Waals surface area contributed by atoms with Gasteiger partial charge in [0.25, 0.3) is 11.6 Å². The van der Waals surface area contributed by atoms with Gasteiger partial charge in [0, 0.05) is 36.0 Å². The van der Waals surface area contributed by atoms with Crippen molar-refractivity contribution in [1.29, 1.82) is 0 Å². The zero-order valence-corrected chi connectivity index (χ0v) is 17.2. The van der Waals surface area contributed by atoms with Crippen LogP contribution in [0.1, 0.15) is 23.2 Å². The maximum Gasteiger partial charge on any atom is 0.293 e. The number of carbonyl (C=O) groups excluding carboxylic acids is 1. The summed E-state index contributed by atoms with van der Waals surface area (Å²) < 4.78 is 5.80. The highest BCUT2D eigenvalue weighted by Gasteiger charge is 2.24. The van der Waals surface area contributed by atoms with Gasteiger partial charge in [0.05, 0.1) is 4.92 Å². The highest BCUT2D eigenvalue weighted by atomic mass is 16.6. The molecule has 1 aliphatic rings. The summed E-state index contributed by atoms with van der Waals surface area (Å²) >= 11 is 0. The fraction of sp³-hybridized carbons (Fsp3) is 0.167. The minimum atomic E-state index is -0.434. The lowest BCUT2D eigenvalue weighted by Gasteiger charge is -2.17. The van der Waals surface area contributed by atoms with Crippen LogP contribution >= 0.6 is 0 Å². The van der Waals surface area contributed by atoms with E-state index in [1.807, 2.05) is 35.2 Å². The Labute approximate surface area is 183 Å². The molecule has 1 aliphatic heterocycles. The molecule has 1 fully saturated rings. The van der Waals surface area contributed by atoms with Crippen LogP contribution in [-0.2, 0) is 0 Å². The first kappa shape index (κ1) is 19.7. The Morgan fingerprint density at radius 1 is 1.03 bits per heavy atom. The number of anilines is 2. The topological polar surface area (TPSA) is 102 Å². The van der Waals surface area contributed by atoms with Gasteiger partial charge in [0.15, 0.2) is 5.58 Å². The molecular formula is C24H20N4O4. The van der Waals surface area contributed by atoms with Gasteiger partial charge in [-0.05, 0) is 55.3 Å². The number of rotatable bonds is 5. The lowest BCUT2D eigenvalue weighted by atomic mass is 10.1. The summed E-state index contributed by atoms with van der Waals surface area (Å²) in [5.41, 5.74) is 3.33. The number of hydrogen-bond acceptors (Lipinski definition) is 6. The van der Waals surface area contributed by atoms with E-state index in [4.69, 9.17) is 4.42 Å². The van der Waals surface area contributed by atoms with Crippen LogP contribution in [0.5, 0.6) is 0 Å². The van der Waals surface area contributed by atoms with E-state index in [1.165, 1.54) is 6.07 Å². The molecule has 4 aromatic rings. The van der Waals surface area contributed by atoms with Crippen LogP contribution in [0.2, 0.25) is 0 Å². The van der Waals surface area contributed by atoms with E-state index in [2.05, 4.69) is 10.3 Å². The molecule has 0 aliphatic carbocycles. The van der Waals surface area contributed by atoms with Crippen molar-refractivity contribution in [3.8, 4) is 11.5 Å². The molecule has 1 saturated heterocycles. The third-order valence-corrected chi connectivity index (χ3v) is 5.55. The van der Waals surface area contributed by atoms with E-state index in [0.717, 1.165) is 31.5 Å². The van der Waals surface area contributed by atoms with Gasteiger partial charge in [-0.3, -0.25) is 14.9 Å². The van der Waals surface area contributed by atoms with E-state index in [9.17, 15) is 14.9 Å². The number of nitrogens with zero attached hydrogens (tertiary/aromatic N) is 3. The molecule has 8 nitrogen and oxygen atoms in total. The Kier molecular flexibility index (Phi) is 5.03. The number of aromatic nitrogens is 1. The lowest BCUT2D eigenvalue weighted by Crippen LogP contribution is -2.19. The van der Waals surface area contributed by atoms with Crippen LogP contribution in [0.25, 0.3) is 22.6 Å². The maximum atomic E-state index is 12.8. The first-order chi connectivity index (χ1) is 15.6. The van der Waals surface area contributed by atoms with Crippen molar-refractivity contribution >= 4 is 34.1 Å². The van der Waals surface area contributed by atoms with Crippen LogP contribution in [-0.4, -0.2) is 28.9 Å². The van der Waals surface area contributed by atoms with Crippen molar-refractivity contribution < 1.29 is 14.1 Å². The molecule has 0 saturated carbocycles. The number of nitro groups is 1. The number of amides is 1. The van der Waals surface area contributed by atoms with Gasteiger partial charge >= 0.3 is 0 Å². The number of fused-ring (bicyclic) bond motifs is 1. The normalized spacial score (nSPS) is 13.4.